The summed E-state index contributed by atoms with van der Waals surface area (Å²) < 4.78 is 5.77. The fourth-order valence-electron chi connectivity index (χ4n) is 1.92. The number of hydrogen-bond acceptors (Lipinski definition) is 3. The Morgan fingerprint density at radius 2 is 1.95 bits per heavy atom. The van der Waals surface area contributed by atoms with Crippen LogP contribution >= 0.6 is 11.6 Å². The van der Waals surface area contributed by atoms with E-state index in [1.807, 2.05) is 0 Å². The summed E-state index contributed by atoms with van der Waals surface area (Å²) in [7, 11) is 0. The lowest BCUT2D eigenvalue weighted by Gasteiger charge is -2.12. The highest BCUT2D eigenvalue weighted by molar-refractivity contribution is 6.30. The van der Waals surface area contributed by atoms with E-state index in [9.17, 15) is 4.79 Å². The molecule has 2 aromatic rings. The van der Waals surface area contributed by atoms with Gasteiger partial charge in [-0.25, -0.2) is 0 Å². The number of rotatable bonds is 6. The van der Waals surface area contributed by atoms with Crippen LogP contribution < -0.4 is 15.8 Å². The molecule has 0 heterocycles. The van der Waals surface area contributed by atoms with Crippen molar-refractivity contribution in [3.63, 3.8) is 0 Å². The topological polar surface area (TPSA) is 64.4 Å². The number of carbonyl (C=O) groups is 1. The van der Waals surface area contributed by atoms with Crippen LogP contribution in [0.2, 0.25) is 5.02 Å². The van der Waals surface area contributed by atoms with Crippen molar-refractivity contribution in [1.82, 2.24) is 5.32 Å². The van der Waals surface area contributed by atoms with Crippen LogP contribution in [0.25, 0.3) is 0 Å². The zero-order valence-corrected chi connectivity index (χ0v) is 13.2. The van der Waals surface area contributed by atoms with Crippen molar-refractivity contribution in [1.29, 1.82) is 0 Å². The second-order valence-corrected chi connectivity index (χ2v) is 5.36. The van der Waals surface area contributed by atoms with Crippen molar-refractivity contribution in [3.8, 4) is 11.5 Å². The Hall–Kier alpha value is -2.20. The molecule has 5 heteroatoms. The third-order valence-corrected chi connectivity index (χ3v) is 3.36. The van der Waals surface area contributed by atoms with E-state index in [-0.39, 0.29) is 5.91 Å². The van der Waals surface area contributed by atoms with Gasteiger partial charge in [0, 0.05) is 17.3 Å². The van der Waals surface area contributed by atoms with E-state index in [2.05, 4.69) is 12.2 Å². The number of unbranched alkanes of at least 4 members (excludes halogenated alkanes) is 1. The largest absolute Gasteiger partial charge is 0.457 e. The van der Waals surface area contributed by atoms with E-state index in [0.717, 1.165) is 12.8 Å². The minimum absolute atomic E-state index is 0.190. The van der Waals surface area contributed by atoms with E-state index in [1.165, 1.54) is 0 Å². The van der Waals surface area contributed by atoms with Crippen LogP contribution in [0.5, 0.6) is 11.5 Å². The number of hydrogen-bond donors (Lipinski definition) is 2. The van der Waals surface area contributed by atoms with Gasteiger partial charge in [0.25, 0.3) is 5.91 Å². The van der Waals surface area contributed by atoms with Crippen molar-refractivity contribution in [2.45, 2.75) is 19.8 Å². The first-order chi connectivity index (χ1) is 10.6. The highest BCUT2D eigenvalue weighted by Gasteiger charge is 2.13. The summed E-state index contributed by atoms with van der Waals surface area (Å²) >= 11 is 5.85. The van der Waals surface area contributed by atoms with Gasteiger partial charge in [0.2, 0.25) is 0 Å². The molecule has 1 amide bonds. The first-order valence-electron chi connectivity index (χ1n) is 7.21. The average molecular weight is 319 g/mol. The number of nitrogen functional groups attached to an aromatic ring is 1. The van der Waals surface area contributed by atoms with E-state index < -0.39 is 0 Å². The SMILES string of the molecule is CCCCNC(=O)c1cc(N)ccc1Oc1ccc(Cl)cc1. The molecule has 0 saturated heterocycles. The molecule has 0 aliphatic rings. The zero-order valence-electron chi connectivity index (χ0n) is 12.4. The van der Waals surface area contributed by atoms with Crippen LogP contribution in [0.3, 0.4) is 0 Å². The van der Waals surface area contributed by atoms with Gasteiger partial charge in [-0.3, -0.25) is 4.79 Å². The van der Waals surface area contributed by atoms with Crippen LogP contribution in [0, 0.1) is 0 Å². The highest BCUT2D eigenvalue weighted by Crippen LogP contribution is 2.28. The molecular weight excluding hydrogens is 300 g/mol. The third kappa shape index (κ3) is 4.40. The van der Waals surface area contributed by atoms with Crippen LogP contribution in [0.1, 0.15) is 30.1 Å². The maximum absolute atomic E-state index is 12.3. The summed E-state index contributed by atoms with van der Waals surface area (Å²) in [6.45, 7) is 2.70. The molecule has 0 fully saturated rings. The van der Waals surface area contributed by atoms with Gasteiger partial charge in [-0.2, -0.15) is 0 Å². The third-order valence-electron chi connectivity index (χ3n) is 3.11. The number of carbonyl (C=O) groups excluding carboxylic acids is 1. The lowest BCUT2D eigenvalue weighted by Crippen LogP contribution is -2.24. The predicted molar refractivity (Wildman–Crippen MR) is 89.6 cm³/mol. The average Bonchev–Trinajstić information content (AvgIpc) is 2.51. The van der Waals surface area contributed by atoms with E-state index >= 15 is 0 Å². The summed E-state index contributed by atoms with van der Waals surface area (Å²) in [6, 6.07) is 12.0. The maximum Gasteiger partial charge on any atom is 0.255 e. The van der Waals surface area contributed by atoms with Gasteiger partial charge < -0.3 is 15.8 Å². The van der Waals surface area contributed by atoms with Crippen molar-refractivity contribution in [2.24, 2.45) is 0 Å². The maximum atomic E-state index is 12.3. The molecule has 0 saturated carbocycles. The monoisotopic (exact) mass is 318 g/mol. The van der Waals surface area contributed by atoms with Gasteiger partial charge in [-0.15, -0.1) is 0 Å². The fraction of sp³-hybridized carbons (Fsp3) is 0.235. The molecule has 0 aliphatic carbocycles. The molecule has 0 bridgehead atoms. The molecule has 0 radical (unpaired) electrons. The molecule has 0 atom stereocenters. The van der Waals surface area contributed by atoms with Crippen LogP contribution in [-0.2, 0) is 0 Å². The Morgan fingerprint density at radius 3 is 2.64 bits per heavy atom. The number of nitrogens with one attached hydrogen (secondary N) is 1. The van der Waals surface area contributed by atoms with Crippen molar-refractivity contribution in [2.75, 3.05) is 12.3 Å². The molecule has 116 valence electrons. The Labute approximate surface area is 135 Å². The molecule has 2 rings (SSSR count). The molecule has 3 N–H and O–H groups in total. The Balaban J connectivity index is 2.19. The smallest absolute Gasteiger partial charge is 0.255 e. The quantitative estimate of drug-likeness (QED) is 0.618. The molecule has 0 unspecified atom stereocenters. The van der Waals surface area contributed by atoms with Gasteiger partial charge in [0.15, 0.2) is 0 Å². The number of nitrogens with two attached hydrogens (primary N) is 1. The summed E-state index contributed by atoms with van der Waals surface area (Å²) in [5.74, 6) is 0.881. The standard InChI is InChI=1S/C17H19ClN2O2/c1-2-3-10-20-17(21)15-11-13(19)6-9-16(15)22-14-7-4-12(18)5-8-14/h4-9,11H,2-3,10,19H2,1H3,(H,20,21). The number of anilines is 1. The van der Waals surface area contributed by atoms with Gasteiger partial charge in [0.1, 0.15) is 11.5 Å². The van der Waals surface area contributed by atoms with Gasteiger partial charge in [-0.05, 0) is 48.9 Å². The van der Waals surface area contributed by atoms with E-state index in [0.29, 0.717) is 34.3 Å². The lowest BCUT2D eigenvalue weighted by molar-refractivity contribution is 0.0951. The second-order valence-electron chi connectivity index (χ2n) is 4.92. The zero-order chi connectivity index (χ0) is 15.9. The molecule has 0 aliphatic heterocycles. The van der Waals surface area contributed by atoms with Crippen molar-refractivity contribution in [3.05, 3.63) is 53.1 Å². The second kappa shape index (κ2) is 7.71. The molecular formula is C17H19ClN2O2. The predicted octanol–water partition coefficient (Wildman–Crippen LogP) is 4.24. The minimum atomic E-state index is -0.190. The first-order valence-corrected chi connectivity index (χ1v) is 7.59. The van der Waals surface area contributed by atoms with Gasteiger partial charge in [-0.1, -0.05) is 24.9 Å². The normalized spacial score (nSPS) is 10.3. The fourth-order valence-corrected chi connectivity index (χ4v) is 2.04. The summed E-state index contributed by atoms with van der Waals surface area (Å²) in [5.41, 5.74) is 6.72. The van der Waals surface area contributed by atoms with Crippen LogP contribution in [-0.4, -0.2) is 12.5 Å². The summed E-state index contributed by atoms with van der Waals surface area (Å²) in [4.78, 5) is 12.3. The lowest BCUT2D eigenvalue weighted by atomic mass is 10.1. The summed E-state index contributed by atoms with van der Waals surface area (Å²) in [5, 5.41) is 3.49. The molecule has 4 nitrogen and oxygen atoms in total. The van der Waals surface area contributed by atoms with Crippen molar-refractivity contribution < 1.29 is 9.53 Å². The summed E-state index contributed by atoms with van der Waals surface area (Å²) in [6.07, 6.45) is 1.95. The van der Waals surface area contributed by atoms with Crippen LogP contribution in [0.15, 0.2) is 42.5 Å². The highest BCUT2D eigenvalue weighted by atomic mass is 35.5. The van der Waals surface area contributed by atoms with E-state index in [1.54, 1.807) is 42.5 Å². The first kappa shape index (κ1) is 16.2. The number of halogens is 1. The Bertz CT molecular complexity index is 642. The molecule has 22 heavy (non-hydrogen) atoms. The number of ether oxygens (including phenoxy) is 1. The van der Waals surface area contributed by atoms with Crippen molar-refractivity contribution >= 4 is 23.2 Å². The minimum Gasteiger partial charge on any atom is -0.457 e. The molecule has 0 aromatic heterocycles. The Kier molecular flexibility index (Phi) is 5.67. The number of amides is 1. The van der Waals surface area contributed by atoms with Crippen LogP contribution in [0.4, 0.5) is 5.69 Å². The van der Waals surface area contributed by atoms with Gasteiger partial charge in [0.05, 0.1) is 5.56 Å². The number of benzene rings is 2. The molecule has 2 aromatic carbocycles. The molecule has 0 spiro atoms. The Morgan fingerprint density at radius 1 is 1.23 bits per heavy atom. The van der Waals surface area contributed by atoms with Gasteiger partial charge >= 0.3 is 0 Å². The van der Waals surface area contributed by atoms with E-state index in [4.69, 9.17) is 22.1 Å².